The smallest absolute Gasteiger partial charge is 0.354 e. The molecule has 26 heavy (non-hydrogen) atoms. The van der Waals surface area contributed by atoms with Gasteiger partial charge in [-0.2, -0.15) is 4.31 Å². The molecule has 0 spiro atoms. The Kier molecular flexibility index (Phi) is 4.80. The number of aromatic nitrogens is 2. The summed E-state index contributed by atoms with van der Waals surface area (Å²) in [7, 11) is -3.69. The third-order valence-electron chi connectivity index (χ3n) is 4.20. The number of benzene rings is 1. The van der Waals surface area contributed by atoms with Gasteiger partial charge in [0, 0.05) is 13.1 Å². The van der Waals surface area contributed by atoms with Gasteiger partial charge in [-0.1, -0.05) is 29.8 Å². The molecule has 0 saturated carbocycles. The molecule has 0 radical (unpaired) electrons. The summed E-state index contributed by atoms with van der Waals surface area (Å²) in [6.45, 7) is 1.58. The van der Waals surface area contributed by atoms with E-state index in [1.807, 2.05) is 13.0 Å². The molecule has 1 aliphatic rings. The molecule has 1 N–H and O–H groups in total. The van der Waals surface area contributed by atoms with Gasteiger partial charge in [-0.15, -0.1) is 0 Å². The predicted molar refractivity (Wildman–Crippen MR) is 88.4 cm³/mol. The molecule has 0 atom stereocenters. The maximum absolute atomic E-state index is 13.1. The first kappa shape index (κ1) is 18.5. The number of aromatic carboxylic acids is 1. The lowest BCUT2D eigenvalue weighted by molar-refractivity contribution is 0.0669. The standard InChI is InChI=1S/C16H17F2N3O4S/c1-10-3-2-4-11(7-10)9-26(24,25)20-5-6-21-12(8-20)19-13(15(17)18)14(21)16(22)23/h2-4,7,15H,5-6,8-9H2,1H3,(H,22,23). The fraction of sp³-hybridized carbons (Fsp3) is 0.375. The van der Waals surface area contributed by atoms with Crippen LogP contribution in [-0.4, -0.2) is 39.9 Å². The average Bonchev–Trinajstić information content (AvgIpc) is 2.93. The summed E-state index contributed by atoms with van der Waals surface area (Å²) in [4.78, 5) is 15.0. The Hall–Kier alpha value is -2.33. The van der Waals surface area contributed by atoms with E-state index in [2.05, 4.69) is 4.98 Å². The monoisotopic (exact) mass is 385 g/mol. The van der Waals surface area contributed by atoms with Crippen LogP contribution in [0.5, 0.6) is 0 Å². The lowest BCUT2D eigenvalue weighted by Gasteiger charge is -2.27. The van der Waals surface area contributed by atoms with Crippen molar-refractivity contribution in [1.29, 1.82) is 0 Å². The summed E-state index contributed by atoms with van der Waals surface area (Å²) in [5, 5.41) is 9.18. The van der Waals surface area contributed by atoms with Gasteiger partial charge in [-0.25, -0.2) is 27.0 Å². The first-order chi connectivity index (χ1) is 12.2. The fourth-order valence-electron chi connectivity index (χ4n) is 3.05. The van der Waals surface area contributed by atoms with Gasteiger partial charge in [0.25, 0.3) is 6.43 Å². The number of alkyl halides is 2. The summed E-state index contributed by atoms with van der Waals surface area (Å²) in [5.74, 6) is -1.71. The van der Waals surface area contributed by atoms with Gasteiger partial charge in [-0.3, -0.25) is 0 Å². The van der Waals surface area contributed by atoms with Gasteiger partial charge in [0.1, 0.15) is 11.5 Å². The molecule has 10 heteroatoms. The number of imidazole rings is 1. The van der Waals surface area contributed by atoms with Crippen LogP contribution in [0.2, 0.25) is 0 Å². The van der Waals surface area contributed by atoms with Gasteiger partial charge in [0.05, 0.1) is 12.3 Å². The third-order valence-corrected chi connectivity index (χ3v) is 6.00. The van der Waals surface area contributed by atoms with Crippen molar-refractivity contribution >= 4 is 16.0 Å². The summed E-state index contributed by atoms with van der Waals surface area (Å²) in [6, 6.07) is 7.08. The first-order valence-corrected chi connectivity index (χ1v) is 9.44. The predicted octanol–water partition coefficient (Wildman–Crippen LogP) is 2.17. The highest BCUT2D eigenvalue weighted by Crippen LogP contribution is 2.27. The number of hydrogen-bond donors (Lipinski definition) is 1. The van der Waals surface area contributed by atoms with Crippen molar-refractivity contribution in [1.82, 2.24) is 13.9 Å². The molecule has 3 rings (SSSR count). The molecule has 1 aromatic carbocycles. The second kappa shape index (κ2) is 6.76. The minimum atomic E-state index is -3.69. The van der Waals surface area contributed by atoms with Gasteiger partial charge >= 0.3 is 5.97 Å². The molecule has 2 aromatic rings. The zero-order chi connectivity index (χ0) is 19.1. The number of carbonyl (C=O) groups is 1. The number of aryl methyl sites for hydroxylation is 1. The average molecular weight is 385 g/mol. The molecule has 0 unspecified atom stereocenters. The largest absolute Gasteiger partial charge is 0.477 e. The number of carboxylic acids is 1. The van der Waals surface area contributed by atoms with Crippen LogP contribution in [0.4, 0.5) is 8.78 Å². The highest BCUT2D eigenvalue weighted by Gasteiger charge is 2.34. The molecular weight excluding hydrogens is 368 g/mol. The zero-order valence-electron chi connectivity index (χ0n) is 13.9. The van der Waals surface area contributed by atoms with Crippen molar-refractivity contribution in [2.75, 3.05) is 6.54 Å². The van der Waals surface area contributed by atoms with Crippen molar-refractivity contribution in [2.45, 2.75) is 32.2 Å². The van der Waals surface area contributed by atoms with E-state index in [9.17, 15) is 27.1 Å². The van der Waals surface area contributed by atoms with E-state index in [0.717, 1.165) is 14.4 Å². The zero-order valence-corrected chi connectivity index (χ0v) is 14.7. The van der Waals surface area contributed by atoms with E-state index >= 15 is 0 Å². The van der Waals surface area contributed by atoms with E-state index in [1.54, 1.807) is 18.2 Å². The summed E-state index contributed by atoms with van der Waals surface area (Å²) >= 11 is 0. The second-order valence-corrected chi connectivity index (χ2v) is 8.07. The van der Waals surface area contributed by atoms with E-state index in [0.29, 0.717) is 5.56 Å². The highest BCUT2D eigenvalue weighted by molar-refractivity contribution is 7.88. The number of fused-ring (bicyclic) bond motifs is 1. The number of hydrogen-bond acceptors (Lipinski definition) is 4. The van der Waals surface area contributed by atoms with Crippen molar-refractivity contribution in [3.05, 3.63) is 52.6 Å². The molecule has 140 valence electrons. The van der Waals surface area contributed by atoms with E-state index in [1.165, 1.54) is 0 Å². The minimum absolute atomic E-state index is 0.000463. The Morgan fingerprint density at radius 2 is 2.08 bits per heavy atom. The molecule has 2 heterocycles. The second-order valence-electron chi connectivity index (χ2n) is 6.10. The summed E-state index contributed by atoms with van der Waals surface area (Å²) in [6.07, 6.45) is -3.04. The molecule has 0 amide bonds. The third kappa shape index (κ3) is 3.47. The Bertz CT molecular complexity index is 956. The molecule has 0 saturated heterocycles. The van der Waals surface area contributed by atoms with Crippen molar-refractivity contribution < 1.29 is 27.1 Å². The molecule has 1 aromatic heterocycles. The Balaban J connectivity index is 1.88. The SMILES string of the molecule is Cc1cccc(CS(=O)(=O)N2CCn3c(nc(C(F)F)c3C(=O)O)C2)c1. The van der Waals surface area contributed by atoms with Crippen LogP contribution >= 0.6 is 0 Å². The Morgan fingerprint density at radius 3 is 2.69 bits per heavy atom. The van der Waals surface area contributed by atoms with Gasteiger partial charge in [0.2, 0.25) is 10.0 Å². The lowest BCUT2D eigenvalue weighted by Crippen LogP contribution is -2.39. The van der Waals surface area contributed by atoms with Crippen molar-refractivity contribution in [3.8, 4) is 0 Å². The molecule has 1 aliphatic heterocycles. The van der Waals surface area contributed by atoms with Crippen LogP contribution in [0, 0.1) is 6.92 Å². The normalized spacial score (nSPS) is 15.2. The van der Waals surface area contributed by atoms with Crippen LogP contribution in [0.15, 0.2) is 24.3 Å². The molecule has 7 nitrogen and oxygen atoms in total. The topological polar surface area (TPSA) is 92.5 Å². The molecule has 0 bridgehead atoms. The number of rotatable bonds is 5. The molecule has 0 aliphatic carbocycles. The van der Waals surface area contributed by atoms with Crippen LogP contribution in [0.1, 0.15) is 39.6 Å². The number of nitrogens with zero attached hydrogens (tertiary/aromatic N) is 3. The number of carboxylic acid groups (broad SMARTS) is 1. The maximum atomic E-state index is 13.1. The lowest BCUT2D eigenvalue weighted by atomic mass is 10.2. The van der Waals surface area contributed by atoms with Crippen molar-refractivity contribution in [3.63, 3.8) is 0 Å². The van der Waals surface area contributed by atoms with E-state index in [-0.39, 0.29) is 31.2 Å². The van der Waals surface area contributed by atoms with E-state index in [4.69, 9.17) is 0 Å². The van der Waals surface area contributed by atoms with Crippen LogP contribution in [0.3, 0.4) is 0 Å². The molecule has 0 fully saturated rings. The summed E-state index contributed by atoms with van der Waals surface area (Å²) in [5.41, 5.74) is 0.147. The summed E-state index contributed by atoms with van der Waals surface area (Å²) < 4.78 is 53.7. The first-order valence-electron chi connectivity index (χ1n) is 7.83. The van der Waals surface area contributed by atoms with Gasteiger partial charge in [0.15, 0.2) is 5.69 Å². The quantitative estimate of drug-likeness (QED) is 0.852. The Morgan fingerprint density at radius 1 is 1.35 bits per heavy atom. The van der Waals surface area contributed by atoms with Crippen LogP contribution in [-0.2, 0) is 28.9 Å². The fourth-order valence-corrected chi connectivity index (χ4v) is 4.50. The van der Waals surface area contributed by atoms with Crippen molar-refractivity contribution in [2.24, 2.45) is 0 Å². The minimum Gasteiger partial charge on any atom is -0.477 e. The van der Waals surface area contributed by atoms with Gasteiger partial charge in [-0.05, 0) is 12.5 Å². The number of sulfonamides is 1. The van der Waals surface area contributed by atoms with Crippen LogP contribution in [0.25, 0.3) is 0 Å². The van der Waals surface area contributed by atoms with E-state index < -0.39 is 33.8 Å². The van der Waals surface area contributed by atoms with Gasteiger partial charge < -0.3 is 9.67 Å². The highest BCUT2D eigenvalue weighted by atomic mass is 32.2. The Labute approximate surface area is 148 Å². The number of halogens is 2. The molecular formula is C16H17F2N3O4S. The maximum Gasteiger partial charge on any atom is 0.354 e. The van der Waals surface area contributed by atoms with Crippen LogP contribution < -0.4 is 0 Å².